The molecule has 1 rings (SSSR count). The number of likely N-dealkylation sites (N-methyl/N-ethyl adjacent to an activating group) is 1. The Kier molecular flexibility index (Phi) is 4.31. The van der Waals surface area contributed by atoms with Crippen molar-refractivity contribution in [3.05, 3.63) is 35.4 Å². The zero-order valence-corrected chi connectivity index (χ0v) is 9.49. The minimum Gasteiger partial charge on any atom is -0.383 e. The average Bonchev–Trinajstić information content (AvgIpc) is 2.24. The van der Waals surface area contributed by atoms with Crippen LogP contribution in [0.5, 0.6) is 0 Å². The molecule has 1 aromatic carbocycles. The van der Waals surface area contributed by atoms with Crippen LogP contribution in [0, 0.1) is 6.92 Å². The number of ether oxygens (including phenoxy) is 1. The molecule has 1 aromatic rings. The van der Waals surface area contributed by atoms with Gasteiger partial charge in [-0.3, -0.25) is 4.79 Å². The predicted molar refractivity (Wildman–Crippen MR) is 60.0 cm³/mol. The maximum Gasteiger partial charge on any atom is 0.253 e. The first-order valence-electron chi connectivity index (χ1n) is 4.96. The van der Waals surface area contributed by atoms with E-state index in [1.165, 1.54) is 0 Å². The van der Waals surface area contributed by atoms with Crippen molar-refractivity contribution in [2.45, 2.75) is 6.92 Å². The third kappa shape index (κ3) is 3.36. The van der Waals surface area contributed by atoms with Crippen LogP contribution in [-0.2, 0) is 4.74 Å². The van der Waals surface area contributed by atoms with Crippen molar-refractivity contribution in [1.82, 2.24) is 4.90 Å². The third-order valence-electron chi connectivity index (χ3n) is 2.24. The van der Waals surface area contributed by atoms with Crippen LogP contribution in [0.2, 0.25) is 0 Å². The fourth-order valence-electron chi connectivity index (χ4n) is 1.33. The minimum absolute atomic E-state index is 0.0377. The van der Waals surface area contributed by atoms with Crippen LogP contribution in [0.3, 0.4) is 0 Å². The van der Waals surface area contributed by atoms with Gasteiger partial charge in [-0.25, -0.2) is 0 Å². The first kappa shape index (κ1) is 11.7. The highest BCUT2D eigenvalue weighted by Gasteiger charge is 2.10. The molecule has 0 N–H and O–H groups in total. The summed E-state index contributed by atoms with van der Waals surface area (Å²) in [6.07, 6.45) is 0. The molecular weight excluding hydrogens is 190 g/mol. The minimum atomic E-state index is 0.0377. The van der Waals surface area contributed by atoms with Crippen molar-refractivity contribution < 1.29 is 9.53 Å². The van der Waals surface area contributed by atoms with Gasteiger partial charge in [0.05, 0.1) is 6.61 Å². The number of aryl methyl sites for hydroxylation is 1. The molecule has 0 saturated carbocycles. The monoisotopic (exact) mass is 207 g/mol. The summed E-state index contributed by atoms with van der Waals surface area (Å²) in [6, 6.07) is 7.60. The molecule has 0 aromatic heterocycles. The molecule has 15 heavy (non-hydrogen) atoms. The summed E-state index contributed by atoms with van der Waals surface area (Å²) in [4.78, 5) is 13.5. The molecule has 82 valence electrons. The van der Waals surface area contributed by atoms with Gasteiger partial charge in [0.15, 0.2) is 0 Å². The van der Waals surface area contributed by atoms with E-state index in [-0.39, 0.29) is 5.91 Å². The lowest BCUT2D eigenvalue weighted by Crippen LogP contribution is -2.29. The van der Waals surface area contributed by atoms with E-state index in [2.05, 4.69) is 0 Å². The fourth-order valence-corrected chi connectivity index (χ4v) is 1.33. The van der Waals surface area contributed by atoms with Gasteiger partial charge in [0.25, 0.3) is 5.91 Å². The molecule has 0 bridgehead atoms. The summed E-state index contributed by atoms with van der Waals surface area (Å²) in [7, 11) is 3.41. The van der Waals surface area contributed by atoms with Crippen molar-refractivity contribution in [3.8, 4) is 0 Å². The van der Waals surface area contributed by atoms with Crippen LogP contribution in [0.1, 0.15) is 15.9 Å². The maximum absolute atomic E-state index is 11.9. The van der Waals surface area contributed by atoms with Gasteiger partial charge in [-0.15, -0.1) is 0 Å². The normalized spacial score (nSPS) is 10.1. The van der Waals surface area contributed by atoms with E-state index in [4.69, 9.17) is 4.74 Å². The van der Waals surface area contributed by atoms with Gasteiger partial charge in [-0.1, -0.05) is 17.7 Å². The molecule has 0 saturated heterocycles. The van der Waals surface area contributed by atoms with Crippen LogP contribution in [0.25, 0.3) is 0 Å². The average molecular weight is 207 g/mol. The Labute approximate surface area is 90.7 Å². The zero-order valence-electron chi connectivity index (χ0n) is 9.49. The van der Waals surface area contributed by atoms with Crippen molar-refractivity contribution >= 4 is 5.91 Å². The van der Waals surface area contributed by atoms with Crippen molar-refractivity contribution in [2.75, 3.05) is 27.3 Å². The zero-order chi connectivity index (χ0) is 11.3. The van der Waals surface area contributed by atoms with Gasteiger partial charge in [0, 0.05) is 26.3 Å². The summed E-state index contributed by atoms with van der Waals surface area (Å²) in [5.74, 6) is 0.0377. The summed E-state index contributed by atoms with van der Waals surface area (Å²) in [5, 5.41) is 0. The molecule has 0 aliphatic rings. The van der Waals surface area contributed by atoms with E-state index in [9.17, 15) is 4.79 Å². The molecule has 0 atom stereocenters. The smallest absolute Gasteiger partial charge is 0.253 e. The second-order valence-electron chi connectivity index (χ2n) is 3.59. The lowest BCUT2D eigenvalue weighted by atomic mass is 10.1. The quantitative estimate of drug-likeness (QED) is 0.752. The van der Waals surface area contributed by atoms with Crippen molar-refractivity contribution in [2.24, 2.45) is 0 Å². The molecule has 0 aliphatic heterocycles. The molecule has 0 aliphatic carbocycles. The molecule has 0 spiro atoms. The molecule has 3 nitrogen and oxygen atoms in total. The molecule has 1 amide bonds. The van der Waals surface area contributed by atoms with Gasteiger partial charge in [-0.2, -0.15) is 0 Å². The first-order valence-corrected chi connectivity index (χ1v) is 4.96. The second kappa shape index (κ2) is 5.51. The summed E-state index contributed by atoms with van der Waals surface area (Å²) < 4.78 is 4.93. The highest BCUT2D eigenvalue weighted by molar-refractivity contribution is 5.94. The highest BCUT2D eigenvalue weighted by Crippen LogP contribution is 2.06. The van der Waals surface area contributed by atoms with Gasteiger partial charge in [0.1, 0.15) is 0 Å². The Hall–Kier alpha value is -1.35. The molecule has 0 fully saturated rings. The van der Waals surface area contributed by atoms with Crippen LogP contribution in [0.15, 0.2) is 24.3 Å². The fraction of sp³-hybridized carbons (Fsp3) is 0.417. The summed E-state index contributed by atoms with van der Waals surface area (Å²) >= 11 is 0. The number of amides is 1. The first-order chi connectivity index (χ1) is 7.15. The number of nitrogens with zero attached hydrogens (tertiary/aromatic N) is 1. The number of carbonyl (C=O) groups excluding carboxylic acids is 1. The lowest BCUT2D eigenvalue weighted by molar-refractivity contribution is 0.0744. The number of carbonyl (C=O) groups is 1. The molecule has 3 heteroatoms. The Morgan fingerprint density at radius 2 is 2.20 bits per heavy atom. The van der Waals surface area contributed by atoms with E-state index in [0.29, 0.717) is 13.2 Å². The van der Waals surface area contributed by atoms with E-state index in [1.54, 1.807) is 19.1 Å². The Morgan fingerprint density at radius 1 is 1.47 bits per heavy atom. The number of rotatable bonds is 4. The molecule has 0 radical (unpaired) electrons. The number of benzene rings is 1. The van der Waals surface area contributed by atoms with Gasteiger partial charge in [0.2, 0.25) is 0 Å². The van der Waals surface area contributed by atoms with Crippen LogP contribution < -0.4 is 0 Å². The van der Waals surface area contributed by atoms with E-state index < -0.39 is 0 Å². The van der Waals surface area contributed by atoms with Crippen LogP contribution in [0.4, 0.5) is 0 Å². The van der Waals surface area contributed by atoms with Gasteiger partial charge in [-0.05, 0) is 19.1 Å². The number of hydrogen-bond donors (Lipinski definition) is 0. The summed E-state index contributed by atoms with van der Waals surface area (Å²) in [6.45, 7) is 3.16. The largest absolute Gasteiger partial charge is 0.383 e. The lowest BCUT2D eigenvalue weighted by Gasteiger charge is -2.16. The van der Waals surface area contributed by atoms with Crippen LogP contribution in [-0.4, -0.2) is 38.1 Å². The Morgan fingerprint density at radius 3 is 2.80 bits per heavy atom. The third-order valence-corrected chi connectivity index (χ3v) is 2.24. The number of hydrogen-bond acceptors (Lipinski definition) is 2. The SMILES string of the molecule is COCCN(C)C(=O)c1cccc(C)c1. The van der Waals surface area contributed by atoms with Crippen LogP contribution >= 0.6 is 0 Å². The van der Waals surface area contributed by atoms with Crippen molar-refractivity contribution in [1.29, 1.82) is 0 Å². The van der Waals surface area contributed by atoms with E-state index in [0.717, 1.165) is 11.1 Å². The van der Waals surface area contributed by atoms with E-state index >= 15 is 0 Å². The predicted octanol–water partition coefficient (Wildman–Crippen LogP) is 1.71. The second-order valence-corrected chi connectivity index (χ2v) is 3.59. The highest BCUT2D eigenvalue weighted by atomic mass is 16.5. The van der Waals surface area contributed by atoms with Crippen molar-refractivity contribution in [3.63, 3.8) is 0 Å². The molecule has 0 heterocycles. The molecule has 0 unspecified atom stereocenters. The number of methoxy groups -OCH3 is 1. The van der Waals surface area contributed by atoms with Gasteiger partial charge >= 0.3 is 0 Å². The Balaban J connectivity index is 2.67. The van der Waals surface area contributed by atoms with E-state index in [1.807, 2.05) is 31.2 Å². The summed E-state index contributed by atoms with van der Waals surface area (Å²) in [5.41, 5.74) is 1.83. The van der Waals surface area contributed by atoms with Gasteiger partial charge < -0.3 is 9.64 Å². The maximum atomic E-state index is 11.9. The standard InChI is InChI=1S/C12H17NO2/c1-10-5-4-6-11(9-10)12(14)13(2)7-8-15-3/h4-6,9H,7-8H2,1-3H3. The topological polar surface area (TPSA) is 29.5 Å². The molecular formula is C12H17NO2. The Bertz CT molecular complexity index is 336.